The van der Waals surface area contributed by atoms with E-state index >= 15 is 0 Å². The van der Waals surface area contributed by atoms with E-state index in [2.05, 4.69) is 5.16 Å². The Hall–Kier alpha value is -2.70. The largest absolute Gasteiger partial charge is 0.391 e. The van der Waals surface area contributed by atoms with Gasteiger partial charge in [0, 0.05) is 28.0 Å². The Labute approximate surface area is 194 Å². The number of hydrogen-bond donors (Lipinski definition) is 0. The van der Waals surface area contributed by atoms with E-state index in [-0.39, 0.29) is 41.5 Å². The second-order valence-corrected chi connectivity index (χ2v) is 9.77. The average molecular weight is 469 g/mol. The molecule has 4 aliphatic rings. The molecule has 2 bridgehead atoms. The molecule has 6 rings (SSSR count). The van der Waals surface area contributed by atoms with Crippen LogP contribution in [0.5, 0.6) is 0 Å². The third kappa shape index (κ3) is 2.60. The molecule has 2 saturated carbocycles. The number of halogens is 2. The number of oxime groups is 1. The summed E-state index contributed by atoms with van der Waals surface area (Å²) in [6.45, 7) is 1.48. The van der Waals surface area contributed by atoms with Crippen LogP contribution in [0.3, 0.4) is 0 Å². The molecule has 2 aliphatic carbocycles. The molecule has 0 spiro atoms. The second kappa shape index (κ2) is 6.90. The smallest absolute Gasteiger partial charge is 0.238 e. The molecule has 8 heteroatoms. The molecule has 6 nitrogen and oxygen atoms in total. The van der Waals surface area contributed by atoms with Crippen molar-refractivity contribution in [1.82, 2.24) is 0 Å². The van der Waals surface area contributed by atoms with Gasteiger partial charge in [0.1, 0.15) is 6.10 Å². The first kappa shape index (κ1) is 19.9. The summed E-state index contributed by atoms with van der Waals surface area (Å²) >= 11 is 12.5. The summed E-state index contributed by atoms with van der Waals surface area (Å²) in [5.41, 5.74) is 2.52. The minimum absolute atomic E-state index is 0.0408. The highest BCUT2D eigenvalue weighted by atomic mass is 35.5. The van der Waals surface area contributed by atoms with Crippen LogP contribution in [0.25, 0.3) is 0 Å². The third-order valence-corrected chi connectivity index (χ3v) is 7.98. The molecule has 2 aromatic rings. The number of amides is 2. The number of imide groups is 1. The van der Waals surface area contributed by atoms with Crippen LogP contribution in [-0.2, 0) is 14.4 Å². The summed E-state index contributed by atoms with van der Waals surface area (Å²) in [7, 11) is 0. The van der Waals surface area contributed by atoms with Gasteiger partial charge in [0.2, 0.25) is 11.8 Å². The molecule has 0 radical (unpaired) electrons. The van der Waals surface area contributed by atoms with Crippen LogP contribution in [0.1, 0.15) is 29.3 Å². The van der Waals surface area contributed by atoms with Gasteiger partial charge in [0.05, 0.1) is 28.3 Å². The monoisotopic (exact) mass is 468 g/mol. The van der Waals surface area contributed by atoms with Gasteiger partial charge in [-0.25, -0.2) is 0 Å². The highest BCUT2D eigenvalue weighted by Crippen LogP contribution is 2.62. The molecule has 2 heterocycles. The van der Waals surface area contributed by atoms with Gasteiger partial charge in [-0.15, -0.1) is 0 Å². The Balaban J connectivity index is 1.33. The third-order valence-electron chi connectivity index (χ3n) is 7.43. The van der Waals surface area contributed by atoms with E-state index in [1.54, 1.807) is 36.4 Å². The number of Topliss-reactive ketones (excluding diaryl/α,β-unsaturated/α-hetero) is 1. The molecule has 162 valence electrons. The number of carbonyl (C=O) groups is 3. The molecule has 1 saturated heterocycles. The topological polar surface area (TPSA) is 76.0 Å². The second-order valence-electron chi connectivity index (χ2n) is 8.93. The summed E-state index contributed by atoms with van der Waals surface area (Å²) in [6, 6.07) is 11.9. The molecule has 2 amide bonds. The predicted molar refractivity (Wildman–Crippen MR) is 119 cm³/mol. The number of nitrogens with zero attached hydrogens (tertiary/aromatic N) is 2. The van der Waals surface area contributed by atoms with Crippen molar-refractivity contribution in [3.63, 3.8) is 0 Å². The van der Waals surface area contributed by atoms with Gasteiger partial charge in [0.25, 0.3) is 0 Å². The zero-order valence-electron chi connectivity index (χ0n) is 17.0. The van der Waals surface area contributed by atoms with Gasteiger partial charge in [-0.05, 0) is 55.7 Å². The minimum atomic E-state index is -0.406. The molecule has 3 fully saturated rings. The first-order valence-corrected chi connectivity index (χ1v) is 11.3. The van der Waals surface area contributed by atoms with Crippen LogP contribution in [-0.4, -0.2) is 29.4 Å². The molecule has 0 unspecified atom stereocenters. The Kier molecular flexibility index (Phi) is 4.30. The number of anilines is 1. The molecule has 6 atom stereocenters. The van der Waals surface area contributed by atoms with Crippen LogP contribution in [0.15, 0.2) is 47.6 Å². The van der Waals surface area contributed by atoms with Crippen molar-refractivity contribution in [2.24, 2.45) is 34.7 Å². The molecule has 2 aliphatic heterocycles. The van der Waals surface area contributed by atoms with E-state index in [1.807, 2.05) is 6.07 Å². The Bertz CT molecular complexity index is 1230. The van der Waals surface area contributed by atoms with Crippen molar-refractivity contribution in [2.45, 2.75) is 19.4 Å². The quantitative estimate of drug-likeness (QED) is 0.494. The van der Waals surface area contributed by atoms with E-state index in [0.717, 1.165) is 17.7 Å². The summed E-state index contributed by atoms with van der Waals surface area (Å²) in [5.74, 6) is -1.45. The normalized spacial score (nSPS) is 32.1. The lowest BCUT2D eigenvalue weighted by molar-refractivity contribution is -0.125. The maximum absolute atomic E-state index is 13.5. The Morgan fingerprint density at radius 1 is 1.00 bits per heavy atom. The molecule has 2 aromatic carbocycles. The lowest BCUT2D eigenvalue weighted by atomic mass is 9.71. The maximum Gasteiger partial charge on any atom is 0.238 e. The predicted octanol–water partition coefficient (Wildman–Crippen LogP) is 4.37. The van der Waals surface area contributed by atoms with Gasteiger partial charge in [0.15, 0.2) is 5.78 Å². The van der Waals surface area contributed by atoms with Gasteiger partial charge >= 0.3 is 0 Å². The average Bonchev–Trinajstić information content (AvgIpc) is 3.49. The Morgan fingerprint density at radius 3 is 2.34 bits per heavy atom. The summed E-state index contributed by atoms with van der Waals surface area (Å²) < 4.78 is 0. The van der Waals surface area contributed by atoms with E-state index in [9.17, 15) is 14.4 Å². The zero-order valence-corrected chi connectivity index (χ0v) is 18.5. The van der Waals surface area contributed by atoms with Crippen LogP contribution in [0.4, 0.5) is 5.69 Å². The van der Waals surface area contributed by atoms with E-state index < -0.39 is 11.8 Å². The number of ketones is 1. The molecule has 0 N–H and O–H groups in total. The summed E-state index contributed by atoms with van der Waals surface area (Å²) in [5, 5.41) is 5.34. The minimum Gasteiger partial charge on any atom is -0.391 e. The molecular weight excluding hydrogens is 451 g/mol. The van der Waals surface area contributed by atoms with Crippen molar-refractivity contribution >= 4 is 52.2 Å². The van der Waals surface area contributed by atoms with E-state index in [4.69, 9.17) is 28.0 Å². The lowest BCUT2D eigenvalue weighted by Crippen LogP contribution is -2.41. The summed E-state index contributed by atoms with van der Waals surface area (Å²) in [4.78, 5) is 45.5. The van der Waals surface area contributed by atoms with Crippen LogP contribution in [0.2, 0.25) is 10.0 Å². The highest BCUT2D eigenvalue weighted by molar-refractivity contribution is 6.37. The molecule has 0 aromatic heterocycles. The first-order chi connectivity index (χ1) is 15.4. The fourth-order valence-electron chi connectivity index (χ4n) is 6.14. The van der Waals surface area contributed by atoms with Gasteiger partial charge < -0.3 is 4.84 Å². The highest BCUT2D eigenvalue weighted by Gasteiger charge is 2.70. The van der Waals surface area contributed by atoms with Crippen LogP contribution >= 0.6 is 23.2 Å². The van der Waals surface area contributed by atoms with Crippen LogP contribution in [0, 0.1) is 29.6 Å². The fraction of sp³-hybridized carbons (Fsp3) is 0.333. The summed E-state index contributed by atoms with van der Waals surface area (Å²) in [6.07, 6.45) is 0.517. The van der Waals surface area contributed by atoms with Gasteiger partial charge in [-0.3, -0.25) is 19.3 Å². The number of hydrogen-bond acceptors (Lipinski definition) is 5. The molecule has 32 heavy (non-hydrogen) atoms. The van der Waals surface area contributed by atoms with Crippen molar-refractivity contribution in [3.8, 4) is 0 Å². The fourth-order valence-corrected chi connectivity index (χ4v) is 6.65. The van der Waals surface area contributed by atoms with Gasteiger partial charge in [-0.1, -0.05) is 34.4 Å². The first-order valence-electron chi connectivity index (χ1n) is 10.5. The number of carbonyl (C=O) groups excluding carboxylic acids is 3. The maximum atomic E-state index is 13.5. The lowest BCUT2D eigenvalue weighted by Gasteiger charge is -2.30. The number of rotatable bonds is 3. The Morgan fingerprint density at radius 2 is 1.69 bits per heavy atom. The van der Waals surface area contributed by atoms with Crippen molar-refractivity contribution in [3.05, 3.63) is 63.6 Å². The SMILES string of the molecule is CC(=O)c1ccc(N2C(=O)[C@@H]3[C@H]4C[C@H]([C@@H]5ON=C(c6ccc(Cl)cc6Cl)[C@H]45)[C@@H]3C2=O)cc1. The van der Waals surface area contributed by atoms with Crippen LogP contribution < -0.4 is 4.90 Å². The zero-order chi connectivity index (χ0) is 22.3. The van der Waals surface area contributed by atoms with E-state index in [1.165, 1.54) is 11.8 Å². The van der Waals surface area contributed by atoms with Gasteiger partial charge in [-0.2, -0.15) is 0 Å². The van der Waals surface area contributed by atoms with E-state index in [0.29, 0.717) is 21.3 Å². The van der Waals surface area contributed by atoms with Crippen molar-refractivity contribution < 1.29 is 19.2 Å². The van der Waals surface area contributed by atoms with Crippen molar-refractivity contribution in [1.29, 1.82) is 0 Å². The molecular formula is C24H18Cl2N2O4. The standard InChI is InChI=1S/C24H18Cl2N2O4/c1-10(29)11-2-5-13(6-3-11)28-23(30)18-15-9-16(19(18)24(28)31)22-20(15)21(27-32-22)14-7-4-12(25)8-17(14)26/h2-8,15-16,18-20,22H,9H2,1H3/t15-,16+,18-,19+,20+,22+/m1/s1. The van der Waals surface area contributed by atoms with Crippen molar-refractivity contribution in [2.75, 3.05) is 4.90 Å². The number of fused-ring (bicyclic) bond motifs is 8. The number of benzene rings is 2.